The fraction of sp³-hybridized carbons (Fsp3) is 0.280. The number of anilines is 2. The Morgan fingerprint density at radius 3 is 2.23 bits per heavy atom. The van der Waals surface area contributed by atoms with E-state index in [-0.39, 0.29) is 12.5 Å². The van der Waals surface area contributed by atoms with Gasteiger partial charge in [0.2, 0.25) is 0 Å². The van der Waals surface area contributed by atoms with Crippen LogP contribution in [0.4, 0.5) is 11.5 Å². The molecular weight excluding hydrogens is 374 g/mol. The molecule has 0 saturated carbocycles. The first-order valence-corrected chi connectivity index (χ1v) is 10.4. The minimum absolute atomic E-state index is 0.0445. The molecular formula is C25H29N3O2. The third-order valence-corrected chi connectivity index (χ3v) is 5.02. The van der Waals surface area contributed by atoms with Crippen molar-refractivity contribution in [2.24, 2.45) is 0 Å². The number of aromatic nitrogens is 1. The molecule has 0 aliphatic heterocycles. The molecule has 0 saturated heterocycles. The van der Waals surface area contributed by atoms with Crippen LogP contribution in [0.25, 0.3) is 0 Å². The molecule has 1 aromatic heterocycles. The first-order valence-electron chi connectivity index (χ1n) is 10.4. The van der Waals surface area contributed by atoms with Gasteiger partial charge in [-0.05, 0) is 62.7 Å². The summed E-state index contributed by atoms with van der Waals surface area (Å²) in [5, 5.41) is 0. The van der Waals surface area contributed by atoms with Crippen LogP contribution < -0.4 is 14.5 Å². The summed E-state index contributed by atoms with van der Waals surface area (Å²) < 4.78 is 5.72. The molecule has 0 spiro atoms. The van der Waals surface area contributed by atoms with Gasteiger partial charge in [0.25, 0.3) is 5.91 Å². The maximum Gasteiger partial charge on any atom is 0.266 e. The van der Waals surface area contributed by atoms with Gasteiger partial charge in [-0.2, -0.15) is 0 Å². The summed E-state index contributed by atoms with van der Waals surface area (Å²) in [5.41, 5.74) is 3.37. The van der Waals surface area contributed by atoms with Crippen molar-refractivity contribution < 1.29 is 9.53 Å². The first-order chi connectivity index (χ1) is 14.6. The van der Waals surface area contributed by atoms with Gasteiger partial charge >= 0.3 is 0 Å². The van der Waals surface area contributed by atoms with Gasteiger partial charge in [-0.1, -0.05) is 35.9 Å². The summed E-state index contributed by atoms with van der Waals surface area (Å²) in [6, 6.07) is 21.6. The molecule has 0 N–H and O–H groups in total. The van der Waals surface area contributed by atoms with E-state index in [2.05, 4.69) is 48.0 Å². The highest BCUT2D eigenvalue weighted by Gasteiger charge is 2.18. The number of aryl methyl sites for hydroxylation is 1. The largest absolute Gasteiger partial charge is 0.484 e. The normalized spacial score (nSPS) is 10.5. The van der Waals surface area contributed by atoms with Crippen LogP contribution in [0.5, 0.6) is 5.75 Å². The van der Waals surface area contributed by atoms with Crippen LogP contribution in [0.3, 0.4) is 0 Å². The van der Waals surface area contributed by atoms with Crippen LogP contribution in [-0.2, 0) is 11.3 Å². The lowest BCUT2D eigenvalue weighted by Gasteiger charge is -2.24. The summed E-state index contributed by atoms with van der Waals surface area (Å²) in [6.07, 6.45) is 1.69. The second-order valence-electron chi connectivity index (χ2n) is 7.11. The number of benzene rings is 2. The molecule has 3 rings (SSSR count). The zero-order valence-electron chi connectivity index (χ0n) is 17.9. The molecule has 3 aromatic rings. The van der Waals surface area contributed by atoms with E-state index in [1.165, 1.54) is 5.69 Å². The number of nitrogens with zero attached hydrogens (tertiary/aromatic N) is 3. The van der Waals surface area contributed by atoms with Crippen LogP contribution in [0.1, 0.15) is 25.0 Å². The van der Waals surface area contributed by atoms with Gasteiger partial charge in [0, 0.05) is 25.0 Å². The van der Waals surface area contributed by atoms with E-state index in [9.17, 15) is 4.79 Å². The summed E-state index contributed by atoms with van der Waals surface area (Å²) in [6.45, 7) is 8.63. The van der Waals surface area contributed by atoms with Gasteiger partial charge < -0.3 is 9.64 Å². The Morgan fingerprint density at radius 2 is 1.63 bits per heavy atom. The van der Waals surface area contributed by atoms with E-state index in [1.807, 2.05) is 49.4 Å². The molecule has 0 aliphatic rings. The highest BCUT2D eigenvalue weighted by atomic mass is 16.5. The molecule has 2 aromatic carbocycles. The number of hydrogen-bond donors (Lipinski definition) is 0. The number of rotatable bonds is 9. The maximum atomic E-state index is 13.0. The predicted octanol–water partition coefficient (Wildman–Crippen LogP) is 4.85. The van der Waals surface area contributed by atoms with E-state index in [0.717, 1.165) is 24.2 Å². The predicted molar refractivity (Wildman–Crippen MR) is 122 cm³/mol. The standard InChI is InChI=1S/C25H29N3O2/c1-4-27(5-2)22-13-11-21(12-14-22)18-28(24-8-6-7-17-26-24)25(29)19-30-23-15-9-20(3)10-16-23/h6-17H,4-5,18-19H2,1-3H3. The molecule has 0 unspecified atom stereocenters. The van der Waals surface area contributed by atoms with Crippen molar-refractivity contribution >= 4 is 17.4 Å². The van der Waals surface area contributed by atoms with Gasteiger partial charge in [0.1, 0.15) is 11.6 Å². The Kier molecular flexibility index (Phi) is 7.44. The second kappa shape index (κ2) is 10.4. The number of ether oxygens (including phenoxy) is 1. The van der Waals surface area contributed by atoms with E-state index in [4.69, 9.17) is 4.74 Å². The molecule has 0 bridgehead atoms. The fourth-order valence-electron chi connectivity index (χ4n) is 3.25. The van der Waals surface area contributed by atoms with Gasteiger partial charge in [-0.3, -0.25) is 9.69 Å². The summed E-state index contributed by atoms with van der Waals surface area (Å²) in [4.78, 5) is 21.3. The van der Waals surface area contributed by atoms with Crippen molar-refractivity contribution in [1.29, 1.82) is 0 Å². The Bertz CT molecular complexity index is 921. The van der Waals surface area contributed by atoms with Crippen LogP contribution >= 0.6 is 0 Å². The van der Waals surface area contributed by atoms with Crippen molar-refractivity contribution in [3.8, 4) is 5.75 Å². The molecule has 0 aliphatic carbocycles. The van der Waals surface area contributed by atoms with Gasteiger partial charge in [-0.15, -0.1) is 0 Å². The number of carbonyl (C=O) groups excluding carboxylic acids is 1. The van der Waals surface area contributed by atoms with Gasteiger partial charge in [0.15, 0.2) is 6.61 Å². The lowest BCUT2D eigenvalue weighted by molar-refractivity contribution is -0.120. The zero-order chi connectivity index (χ0) is 21.3. The van der Waals surface area contributed by atoms with E-state index in [0.29, 0.717) is 18.1 Å². The topological polar surface area (TPSA) is 45.7 Å². The van der Waals surface area contributed by atoms with Crippen molar-refractivity contribution in [3.63, 3.8) is 0 Å². The van der Waals surface area contributed by atoms with Gasteiger partial charge in [0.05, 0.1) is 6.54 Å². The molecule has 30 heavy (non-hydrogen) atoms. The van der Waals surface area contributed by atoms with Crippen molar-refractivity contribution in [2.45, 2.75) is 27.3 Å². The number of amides is 1. The first kappa shape index (κ1) is 21.4. The fourth-order valence-corrected chi connectivity index (χ4v) is 3.25. The lowest BCUT2D eigenvalue weighted by atomic mass is 10.1. The quantitative estimate of drug-likeness (QED) is 0.512. The Labute approximate surface area is 178 Å². The van der Waals surface area contributed by atoms with Crippen LogP contribution in [-0.4, -0.2) is 30.6 Å². The minimum atomic E-state index is -0.137. The third kappa shape index (κ3) is 5.60. The molecule has 1 amide bonds. The lowest BCUT2D eigenvalue weighted by Crippen LogP contribution is -2.35. The number of pyridine rings is 1. The molecule has 0 radical (unpaired) electrons. The summed E-state index contributed by atoms with van der Waals surface area (Å²) in [7, 11) is 0. The Hall–Kier alpha value is -3.34. The number of carbonyl (C=O) groups is 1. The third-order valence-electron chi connectivity index (χ3n) is 5.02. The minimum Gasteiger partial charge on any atom is -0.484 e. The zero-order valence-corrected chi connectivity index (χ0v) is 17.9. The van der Waals surface area contributed by atoms with Crippen molar-refractivity contribution in [1.82, 2.24) is 4.98 Å². The van der Waals surface area contributed by atoms with E-state index in [1.54, 1.807) is 11.1 Å². The van der Waals surface area contributed by atoms with Crippen LogP contribution in [0.2, 0.25) is 0 Å². The SMILES string of the molecule is CCN(CC)c1ccc(CN(C(=O)COc2ccc(C)cc2)c2ccccn2)cc1. The molecule has 0 fully saturated rings. The summed E-state index contributed by atoms with van der Waals surface area (Å²) >= 11 is 0. The molecule has 0 atom stereocenters. The van der Waals surface area contributed by atoms with Crippen molar-refractivity contribution in [3.05, 3.63) is 84.1 Å². The van der Waals surface area contributed by atoms with Gasteiger partial charge in [-0.25, -0.2) is 4.98 Å². The van der Waals surface area contributed by atoms with Crippen LogP contribution in [0.15, 0.2) is 72.9 Å². The van der Waals surface area contributed by atoms with Crippen molar-refractivity contribution in [2.75, 3.05) is 29.5 Å². The monoisotopic (exact) mass is 403 g/mol. The maximum absolute atomic E-state index is 13.0. The van der Waals surface area contributed by atoms with E-state index < -0.39 is 0 Å². The Balaban J connectivity index is 1.74. The molecule has 5 heteroatoms. The molecule has 156 valence electrons. The highest BCUT2D eigenvalue weighted by molar-refractivity contribution is 5.93. The smallest absolute Gasteiger partial charge is 0.266 e. The van der Waals surface area contributed by atoms with Crippen LogP contribution in [0, 0.1) is 6.92 Å². The number of hydrogen-bond acceptors (Lipinski definition) is 4. The second-order valence-corrected chi connectivity index (χ2v) is 7.11. The average Bonchev–Trinajstić information content (AvgIpc) is 2.79. The molecule has 1 heterocycles. The Morgan fingerprint density at radius 1 is 0.933 bits per heavy atom. The highest BCUT2D eigenvalue weighted by Crippen LogP contribution is 2.19. The average molecular weight is 404 g/mol. The molecule has 5 nitrogen and oxygen atoms in total. The van der Waals surface area contributed by atoms with E-state index >= 15 is 0 Å². The summed E-state index contributed by atoms with van der Waals surface area (Å²) in [5.74, 6) is 1.16.